The summed E-state index contributed by atoms with van der Waals surface area (Å²) in [6, 6.07) is 10.8. The zero-order valence-corrected chi connectivity index (χ0v) is 12.0. The number of hydrogen-bond acceptors (Lipinski definition) is 4. The summed E-state index contributed by atoms with van der Waals surface area (Å²) < 4.78 is 0.837. The molecular weight excluding hydrogens is 322 g/mol. The number of amides is 2. The number of benzene rings is 1. The summed E-state index contributed by atoms with van der Waals surface area (Å²) in [6.07, 6.45) is 0. The Bertz CT molecular complexity index is 705. The van der Waals surface area contributed by atoms with Gasteiger partial charge in [0, 0.05) is 4.47 Å². The molecular formula is C14H8BrN3O2. The number of nitriles is 2. The topological polar surface area (TPSA) is 93.8 Å². The third-order valence-corrected chi connectivity index (χ3v) is 5.19. The first kappa shape index (κ1) is 12.8. The van der Waals surface area contributed by atoms with Crippen molar-refractivity contribution < 1.29 is 9.59 Å². The molecule has 2 aliphatic rings. The number of nitrogens with one attached hydrogen (secondary N) is 1. The van der Waals surface area contributed by atoms with Gasteiger partial charge in [-0.25, -0.2) is 0 Å². The summed E-state index contributed by atoms with van der Waals surface area (Å²) in [5, 5.41) is 21.1. The van der Waals surface area contributed by atoms with Crippen LogP contribution in [0.1, 0.15) is 12.5 Å². The first-order chi connectivity index (χ1) is 9.42. The van der Waals surface area contributed by atoms with Crippen molar-refractivity contribution in [1.29, 1.82) is 10.5 Å². The second kappa shape index (κ2) is 3.47. The van der Waals surface area contributed by atoms with E-state index in [-0.39, 0.29) is 0 Å². The summed E-state index contributed by atoms with van der Waals surface area (Å²) >= 11 is 3.30. The molecule has 1 aliphatic carbocycles. The van der Waals surface area contributed by atoms with Crippen LogP contribution in [0.2, 0.25) is 0 Å². The number of imide groups is 1. The highest BCUT2D eigenvalue weighted by molar-refractivity contribution is 9.10. The lowest BCUT2D eigenvalue weighted by Crippen LogP contribution is -2.38. The first-order valence-electron chi connectivity index (χ1n) is 5.87. The van der Waals surface area contributed by atoms with Crippen molar-refractivity contribution >= 4 is 27.7 Å². The molecule has 5 nitrogen and oxygen atoms in total. The molecule has 1 aromatic carbocycles. The van der Waals surface area contributed by atoms with Crippen LogP contribution in [-0.4, -0.2) is 11.8 Å². The maximum Gasteiger partial charge on any atom is 0.250 e. The normalized spacial score (nSPS) is 37.6. The minimum Gasteiger partial charge on any atom is -0.293 e. The number of halogens is 1. The maximum absolute atomic E-state index is 12.1. The molecule has 1 heterocycles. The molecule has 0 bridgehead atoms. The largest absolute Gasteiger partial charge is 0.293 e. The Labute approximate surface area is 123 Å². The van der Waals surface area contributed by atoms with Crippen LogP contribution in [0.15, 0.2) is 28.7 Å². The van der Waals surface area contributed by atoms with Gasteiger partial charge >= 0.3 is 0 Å². The average molecular weight is 330 g/mol. The van der Waals surface area contributed by atoms with Crippen LogP contribution in [0.25, 0.3) is 0 Å². The number of carbonyl (C=O) groups excluding carboxylic acids is 2. The standard InChI is InChI=1S/C14H8BrN3O2/c1-12(8-2-4-9(15)5-3-8)13(6-16)10(19)18-11(20)14(12,13)7-17/h2-5H,1H3,(H,18,19,20)/t12?,13-,14+. The van der Waals surface area contributed by atoms with Crippen molar-refractivity contribution in [3.05, 3.63) is 34.3 Å². The molecule has 1 aromatic rings. The number of hydrogen-bond donors (Lipinski definition) is 1. The molecule has 1 saturated heterocycles. The third kappa shape index (κ3) is 0.939. The van der Waals surface area contributed by atoms with Gasteiger partial charge in [0.05, 0.1) is 17.6 Å². The van der Waals surface area contributed by atoms with Crippen molar-refractivity contribution in [2.24, 2.45) is 10.8 Å². The Hall–Kier alpha value is -2.18. The summed E-state index contributed by atoms with van der Waals surface area (Å²) in [7, 11) is 0. The van der Waals surface area contributed by atoms with E-state index in [0.717, 1.165) is 4.47 Å². The lowest BCUT2D eigenvalue weighted by atomic mass is 9.85. The molecule has 2 fully saturated rings. The summed E-state index contributed by atoms with van der Waals surface area (Å²) in [5.74, 6) is -1.37. The first-order valence-corrected chi connectivity index (χ1v) is 6.66. The smallest absolute Gasteiger partial charge is 0.250 e. The second-order valence-corrected chi connectivity index (χ2v) is 6.05. The summed E-state index contributed by atoms with van der Waals surface area (Å²) in [6.45, 7) is 1.62. The van der Waals surface area contributed by atoms with Gasteiger partial charge in [0.2, 0.25) is 11.8 Å². The van der Waals surface area contributed by atoms with Crippen LogP contribution >= 0.6 is 15.9 Å². The third-order valence-electron chi connectivity index (χ3n) is 4.67. The quantitative estimate of drug-likeness (QED) is 0.788. The molecule has 1 unspecified atom stereocenters. The van der Waals surface area contributed by atoms with E-state index in [9.17, 15) is 20.1 Å². The number of carbonyl (C=O) groups is 2. The number of piperidine rings is 1. The monoisotopic (exact) mass is 329 g/mol. The lowest BCUT2D eigenvalue weighted by Gasteiger charge is -2.18. The predicted molar refractivity (Wildman–Crippen MR) is 70.7 cm³/mol. The van der Waals surface area contributed by atoms with Crippen LogP contribution in [-0.2, 0) is 15.0 Å². The Kier molecular flexibility index (Phi) is 2.23. The van der Waals surface area contributed by atoms with E-state index in [1.165, 1.54) is 0 Å². The van der Waals surface area contributed by atoms with E-state index in [4.69, 9.17) is 0 Å². The van der Waals surface area contributed by atoms with E-state index >= 15 is 0 Å². The molecule has 98 valence electrons. The van der Waals surface area contributed by atoms with Crippen LogP contribution in [0.5, 0.6) is 0 Å². The molecule has 1 aliphatic heterocycles. The Morgan fingerprint density at radius 3 is 1.90 bits per heavy atom. The second-order valence-electron chi connectivity index (χ2n) is 5.14. The number of nitrogens with zero attached hydrogens (tertiary/aromatic N) is 2. The van der Waals surface area contributed by atoms with Gasteiger partial charge in [0.25, 0.3) is 0 Å². The fourth-order valence-electron chi connectivity index (χ4n) is 3.51. The van der Waals surface area contributed by atoms with Crippen molar-refractivity contribution in [1.82, 2.24) is 5.32 Å². The molecule has 1 saturated carbocycles. The van der Waals surface area contributed by atoms with Gasteiger partial charge in [-0.15, -0.1) is 0 Å². The van der Waals surface area contributed by atoms with Crippen molar-refractivity contribution in [3.8, 4) is 12.1 Å². The fourth-order valence-corrected chi connectivity index (χ4v) is 3.78. The van der Waals surface area contributed by atoms with Gasteiger partial charge in [-0.05, 0) is 17.7 Å². The van der Waals surface area contributed by atoms with Gasteiger partial charge in [-0.3, -0.25) is 14.9 Å². The van der Waals surface area contributed by atoms with Gasteiger partial charge in [-0.1, -0.05) is 35.0 Å². The van der Waals surface area contributed by atoms with Crippen LogP contribution in [0, 0.1) is 33.5 Å². The Morgan fingerprint density at radius 1 is 1.05 bits per heavy atom. The van der Waals surface area contributed by atoms with Crippen LogP contribution < -0.4 is 5.32 Å². The predicted octanol–water partition coefficient (Wildman–Crippen LogP) is 1.40. The zero-order chi connectivity index (χ0) is 14.8. The van der Waals surface area contributed by atoms with E-state index in [1.807, 2.05) is 12.1 Å². The molecule has 6 heteroatoms. The van der Waals surface area contributed by atoms with Crippen molar-refractivity contribution in [3.63, 3.8) is 0 Å². The average Bonchev–Trinajstić information content (AvgIpc) is 2.84. The van der Waals surface area contributed by atoms with E-state index in [1.54, 1.807) is 31.2 Å². The summed E-state index contributed by atoms with van der Waals surface area (Å²) in [5.41, 5.74) is -3.77. The Balaban J connectivity index is 2.29. The van der Waals surface area contributed by atoms with Gasteiger partial charge in [0.1, 0.15) is 0 Å². The van der Waals surface area contributed by atoms with Crippen molar-refractivity contribution in [2.75, 3.05) is 0 Å². The highest BCUT2D eigenvalue weighted by Crippen LogP contribution is 2.80. The minimum atomic E-state index is -1.64. The van der Waals surface area contributed by atoms with Crippen molar-refractivity contribution in [2.45, 2.75) is 12.3 Å². The Morgan fingerprint density at radius 2 is 1.50 bits per heavy atom. The zero-order valence-electron chi connectivity index (χ0n) is 10.4. The minimum absolute atomic E-state index is 0.631. The summed E-state index contributed by atoms with van der Waals surface area (Å²) in [4.78, 5) is 24.2. The SMILES string of the molecule is CC1(c2ccc(Br)cc2)[C@]2(C#N)C(=O)NC(=O)[C@]12C#N. The van der Waals surface area contributed by atoms with E-state index < -0.39 is 28.1 Å². The number of rotatable bonds is 1. The van der Waals surface area contributed by atoms with Crippen LogP contribution in [0.3, 0.4) is 0 Å². The molecule has 0 spiro atoms. The molecule has 0 aromatic heterocycles. The lowest BCUT2D eigenvalue weighted by molar-refractivity contribution is -0.129. The van der Waals surface area contributed by atoms with Gasteiger partial charge in [-0.2, -0.15) is 10.5 Å². The molecule has 20 heavy (non-hydrogen) atoms. The molecule has 2 amide bonds. The molecule has 1 N–H and O–H groups in total. The maximum atomic E-state index is 12.1. The van der Waals surface area contributed by atoms with E-state index in [0.29, 0.717) is 5.56 Å². The molecule has 3 rings (SSSR count). The fraction of sp³-hybridized carbons (Fsp3) is 0.286. The van der Waals surface area contributed by atoms with Crippen LogP contribution in [0.4, 0.5) is 0 Å². The van der Waals surface area contributed by atoms with E-state index in [2.05, 4.69) is 21.2 Å². The molecule has 3 atom stereocenters. The molecule has 0 radical (unpaired) electrons. The van der Waals surface area contributed by atoms with Gasteiger partial charge < -0.3 is 0 Å². The van der Waals surface area contributed by atoms with Gasteiger partial charge in [0.15, 0.2) is 10.8 Å². The highest BCUT2D eigenvalue weighted by atomic mass is 79.9. The number of fused-ring (bicyclic) bond motifs is 1. The highest BCUT2D eigenvalue weighted by Gasteiger charge is 2.97.